The molecule has 2 aromatic rings. The Morgan fingerprint density at radius 2 is 2.00 bits per heavy atom. The molecule has 1 aromatic heterocycles. The van der Waals surface area contributed by atoms with E-state index in [0.29, 0.717) is 10.9 Å². The minimum Gasteiger partial charge on any atom is -0.506 e. The Morgan fingerprint density at radius 1 is 1.31 bits per heavy atom. The van der Waals surface area contributed by atoms with Crippen LogP contribution in [0.2, 0.25) is 0 Å². The number of benzene rings is 1. The first-order chi connectivity index (χ1) is 7.65. The number of hydrogen-bond donors (Lipinski definition) is 4. The van der Waals surface area contributed by atoms with E-state index >= 15 is 0 Å². The molecule has 0 fully saturated rings. The maximum Gasteiger partial charge on any atom is 0.274 e. The van der Waals surface area contributed by atoms with Crippen LogP contribution >= 0.6 is 0 Å². The van der Waals surface area contributed by atoms with Crippen molar-refractivity contribution in [3.8, 4) is 11.6 Å². The molecular weight excluding hydrogens is 210 g/mol. The molecule has 0 aliphatic carbocycles. The fourth-order valence-corrected chi connectivity index (χ4v) is 1.46. The van der Waals surface area contributed by atoms with E-state index in [1.165, 1.54) is 0 Å². The molecule has 6 nitrogen and oxygen atoms in total. The SMILES string of the molecule is NNC(=O)c1c(O)nc2ccccc2c1O. The van der Waals surface area contributed by atoms with E-state index in [0.717, 1.165) is 0 Å². The second-order valence-electron chi connectivity index (χ2n) is 3.15. The number of aromatic nitrogens is 1. The van der Waals surface area contributed by atoms with E-state index in [1.54, 1.807) is 24.3 Å². The number of hydrogen-bond acceptors (Lipinski definition) is 5. The van der Waals surface area contributed by atoms with Gasteiger partial charge in [-0.2, -0.15) is 0 Å². The molecule has 0 saturated carbocycles. The summed E-state index contributed by atoms with van der Waals surface area (Å²) in [6, 6.07) is 6.59. The average molecular weight is 219 g/mol. The maximum atomic E-state index is 11.3. The van der Waals surface area contributed by atoms with E-state index in [4.69, 9.17) is 5.84 Å². The lowest BCUT2D eigenvalue weighted by atomic mass is 10.1. The summed E-state index contributed by atoms with van der Waals surface area (Å²) in [4.78, 5) is 15.1. The number of nitrogens with zero attached hydrogens (tertiary/aromatic N) is 1. The lowest BCUT2D eigenvalue weighted by Crippen LogP contribution is -2.30. The Kier molecular flexibility index (Phi) is 2.34. The van der Waals surface area contributed by atoms with Crippen molar-refractivity contribution in [2.24, 2.45) is 5.84 Å². The Balaban J connectivity index is 2.80. The van der Waals surface area contributed by atoms with E-state index < -0.39 is 11.8 Å². The van der Waals surface area contributed by atoms with Crippen LogP contribution in [-0.2, 0) is 0 Å². The summed E-state index contributed by atoms with van der Waals surface area (Å²) in [6.07, 6.45) is 0. The molecule has 82 valence electrons. The van der Waals surface area contributed by atoms with Crippen LogP contribution in [-0.4, -0.2) is 21.1 Å². The van der Waals surface area contributed by atoms with Crippen molar-refractivity contribution in [2.45, 2.75) is 0 Å². The zero-order valence-corrected chi connectivity index (χ0v) is 8.14. The number of nitrogens with two attached hydrogens (primary N) is 1. The summed E-state index contributed by atoms with van der Waals surface area (Å²) in [7, 11) is 0. The number of fused-ring (bicyclic) bond motifs is 1. The zero-order valence-electron chi connectivity index (χ0n) is 8.14. The Bertz CT molecular complexity index is 568. The van der Waals surface area contributed by atoms with Gasteiger partial charge in [0.25, 0.3) is 5.91 Å². The highest BCUT2D eigenvalue weighted by Crippen LogP contribution is 2.32. The predicted molar refractivity (Wildman–Crippen MR) is 56.7 cm³/mol. The van der Waals surface area contributed by atoms with Crippen LogP contribution < -0.4 is 11.3 Å². The van der Waals surface area contributed by atoms with Gasteiger partial charge < -0.3 is 10.2 Å². The molecule has 0 radical (unpaired) electrons. The van der Waals surface area contributed by atoms with Crippen molar-refractivity contribution in [3.05, 3.63) is 29.8 Å². The molecule has 0 aliphatic rings. The van der Waals surface area contributed by atoms with Gasteiger partial charge in [-0.25, -0.2) is 10.8 Å². The van der Waals surface area contributed by atoms with E-state index in [2.05, 4.69) is 4.98 Å². The third kappa shape index (κ3) is 1.41. The summed E-state index contributed by atoms with van der Waals surface area (Å²) in [5, 5.41) is 19.7. The normalized spacial score (nSPS) is 10.3. The highest BCUT2D eigenvalue weighted by Gasteiger charge is 2.19. The molecule has 0 atom stereocenters. The topological polar surface area (TPSA) is 108 Å². The number of carbonyl (C=O) groups excluding carboxylic acids is 1. The van der Waals surface area contributed by atoms with Crippen LogP contribution in [0.5, 0.6) is 11.6 Å². The Labute approximate surface area is 90.3 Å². The van der Waals surface area contributed by atoms with Crippen molar-refractivity contribution in [1.29, 1.82) is 0 Å². The average Bonchev–Trinajstić information content (AvgIpc) is 2.28. The van der Waals surface area contributed by atoms with Gasteiger partial charge in [0.2, 0.25) is 5.88 Å². The molecule has 0 unspecified atom stereocenters. The molecule has 0 bridgehead atoms. The van der Waals surface area contributed by atoms with E-state index in [1.807, 2.05) is 5.43 Å². The first-order valence-corrected chi connectivity index (χ1v) is 4.46. The Morgan fingerprint density at radius 3 is 2.69 bits per heavy atom. The summed E-state index contributed by atoms with van der Waals surface area (Å²) in [6.45, 7) is 0. The molecule has 1 heterocycles. The van der Waals surface area contributed by atoms with Crippen LogP contribution in [0.15, 0.2) is 24.3 Å². The van der Waals surface area contributed by atoms with Crippen LogP contribution in [0.4, 0.5) is 0 Å². The highest BCUT2D eigenvalue weighted by molar-refractivity contribution is 6.04. The number of hydrazine groups is 1. The van der Waals surface area contributed by atoms with Gasteiger partial charge in [-0.3, -0.25) is 10.2 Å². The molecule has 5 N–H and O–H groups in total. The molecule has 0 spiro atoms. The smallest absolute Gasteiger partial charge is 0.274 e. The predicted octanol–water partition coefficient (Wildman–Crippen LogP) is 0.249. The summed E-state index contributed by atoms with van der Waals surface area (Å²) < 4.78 is 0. The van der Waals surface area contributed by atoms with E-state index in [9.17, 15) is 15.0 Å². The number of nitrogen functional groups attached to an aromatic ring is 1. The number of aromatic hydroxyl groups is 2. The number of pyridine rings is 1. The zero-order chi connectivity index (χ0) is 11.7. The van der Waals surface area contributed by atoms with Gasteiger partial charge in [0.05, 0.1) is 5.52 Å². The minimum atomic E-state index is -0.798. The molecule has 6 heteroatoms. The fraction of sp³-hybridized carbons (Fsp3) is 0. The second kappa shape index (κ2) is 3.67. The van der Waals surface area contributed by atoms with E-state index in [-0.39, 0.29) is 11.3 Å². The number of rotatable bonds is 1. The second-order valence-corrected chi connectivity index (χ2v) is 3.15. The number of nitrogens with one attached hydrogen (secondary N) is 1. The molecule has 1 amide bonds. The highest BCUT2D eigenvalue weighted by atomic mass is 16.3. The number of carbonyl (C=O) groups is 1. The third-order valence-electron chi connectivity index (χ3n) is 2.20. The van der Waals surface area contributed by atoms with Gasteiger partial charge in [-0.15, -0.1) is 0 Å². The van der Waals surface area contributed by atoms with Crippen LogP contribution in [0.25, 0.3) is 10.9 Å². The molecule has 0 saturated heterocycles. The van der Waals surface area contributed by atoms with Crippen LogP contribution in [0.3, 0.4) is 0 Å². The number of para-hydroxylation sites is 1. The van der Waals surface area contributed by atoms with Gasteiger partial charge >= 0.3 is 0 Å². The summed E-state index contributed by atoms with van der Waals surface area (Å²) in [5.41, 5.74) is 1.89. The molecule has 2 rings (SSSR count). The molecular formula is C10H9N3O3. The lowest BCUT2D eigenvalue weighted by molar-refractivity contribution is 0.0948. The van der Waals surface area contributed by atoms with Gasteiger partial charge in [0.1, 0.15) is 11.3 Å². The van der Waals surface area contributed by atoms with Crippen molar-refractivity contribution >= 4 is 16.8 Å². The quantitative estimate of drug-likeness (QED) is 0.312. The van der Waals surface area contributed by atoms with Gasteiger partial charge in [0, 0.05) is 5.39 Å². The molecule has 16 heavy (non-hydrogen) atoms. The Hall–Kier alpha value is -2.34. The lowest BCUT2D eigenvalue weighted by Gasteiger charge is -2.07. The van der Waals surface area contributed by atoms with Crippen molar-refractivity contribution in [3.63, 3.8) is 0 Å². The largest absolute Gasteiger partial charge is 0.506 e. The summed E-state index contributed by atoms with van der Waals surface area (Å²) >= 11 is 0. The monoisotopic (exact) mass is 219 g/mol. The minimum absolute atomic E-state index is 0.332. The fourth-order valence-electron chi connectivity index (χ4n) is 1.46. The molecule has 1 aromatic carbocycles. The third-order valence-corrected chi connectivity index (χ3v) is 2.20. The maximum absolute atomic E-state index is 11.3. The van der Waals surface area contributed by atoms with Crippen LogP contribution in [0.1, 0.15) is 10.4 Å². The first-order valence-electron chi connectivity index (χ1n) is 4.46. The van der Waals surface area contributed by atoms with Gasteiger partial charge in [-0.1, -0.05) is 12.1 Å². The van der Waals surface area contributed by atoms with Crippen molar-refractivity contribution < 1.29 is 15.0 Å². The number of amides is 1. The van der Waals surface area contributed by atoms with Crippen LogP contribution in [0, 0.1) is 0 Å². The molecule has 0 aliphatic heterocycles. The summed E-state index contributed by atoms with van der Waals surface area (Å²) in [5.74, 6) is 3.24. The standard InChI is InChI=1S/C10H9N3O3/c11-13-10(16)7-8(14)5-3-1-2-4-6(5)12-9(7)15/h1-4H,11H2,(H,13,16)(H2,12,14,15). The van der Waals surface area contributed by atoms with Gasteiger partial charge in [0.15, 0.2) is 0 Å². The first kappa shape index (κ1) is 10.2. The van der Waals surface area contributed by atoms with Gasteiger partial charge in [-0.05, 0) is 12.1 Å². The van der Waals surface area contributed by atoms with Crippen molar-refractivity contribution in [2.75, 3.05) is 0 Å². The van der Waals surface area contributed by atoms with Crippen molar-refractivity contribution in [1.82, 2.24) is 10.4 Å².